The first-order chi connectivity index (χ1) is 14.2. The van der Waals surface area contributed by atoms with Crippen LogP contribution in [0.5, 0.6) is 0 Å². The van der Waals surface area contributed by atoms with Crippen LogP contribution in [0, 0.1) is 17.1 Å². The Morgan fingerprint density at radius 1 is 1.30 bits per heavy atom. The molecular formula is C22H18BrClFN3O2. The number of rotatable bonds is 6. The van der Waals surface area contributed by atoms with Crippen molar-refractivity contribution in [3.8, 4) is 6.07 Å². The largest absolute Gasteiger partial charge is 0.476 e. The fourth-order valence-electron chi connectivity index (χ4n) is 3.49. The fourth-order valence-corrected chi connectivity index (χ4v) is 4.46. The van der Waals surface area contributed by atoms with Gasteiger partial charge in [0, 0.05) is 12.0 Å². The molecule has 0 aliphatic carbocycles. The average molecular weight is 491 g/mol. The highest BCUT2D eigenvalue weighted by molar-refractivity contribution is 9.10. The molecule has 0 aliphatic heterocycles. The number of aromatic nitrogens is 2. The van der Waals surface area contributed by atoms with Crippen molar-refractivity contribution >= 4 is 33.5 Å². The van der Waals surface area contributed by atoms with Gasteiger partial charge in [0.1, 0.15) is 5.82 Å². The van der Waals surface area contributed by atoms with Gasteiger partial charge in [0.25, 0.3) is 0 Å². The lowest BCUT2D eigenvalue weighted by Gasteiger charge is -2.23. The second-order valence-corrected chi connectivity index (χ2v) is 8.20. The lowest BCUT2D eigenvalue weighted by atomic mass is 9.87. The van der Waals surface area contributed by atoms with E-state index in [1.54, 1.807) is 41.0 Å². The number of hydrogen-bond acceptors (Lipinski definition) is 3. The predicted molar refractivity (Wildman–Crippen MR) is 115 cm³/mol. The topological polar surface area (TPSA) is 78.9 Å². The molecule has 0 fully saturated rings. The number of benzene rings is 2. The highest BCUT2D eigenvalue weighted by Gasteiger charge is 2.30. The molecule has 0 spiro atoms. The van der Waals surface area contributed by atoms with Crippen molar-refractivity contribution in [1.82, 2.24) is 9.55 Å². The molecule has 3 rings (SSSR count). The summed E-state index contributed by atoms with van der Waals surface area (Å²) < 4.78 is 16.9. The number of carboxylic acids is 1. The van der Waals surface area contributed by atoms with Crippen LogP contribution in [0.1, 0.15) is 58.7 Å². The Kier molecular flexibility index (Phi) is 6.59. The van der Waals surface area contributed by atoms with Gasteiger partial charge in [-0.05, 0) is 65.5 Å². The minimum absolute atomic E-state index is 0.00286. The first-order valence-electron chi connectivity index (χ1n) is 9.18. The molecule has 0 saturated carbocycles. The fraction of sp³-hybridized carbons (Fsp3) is 0.227. The number of halogens is 3. The maximum atomic E-state index is 14.7. The van der Waals surface area contributed by atoms with Crippen LogP contribution in [0.2, 0.25) is 5.02 Å². The summed E-state index contributed by atoms with van der Waals surface area (Å²) >= 11 is 9.33. The molecule has 0 amide bonds. The quantitative estimate of drug-likeness (QED) is 0.462. The maximum absolute atomic E-state index is 14.7. The van der Waals surface area contributed by atoms with Gasteiger partial charge in [0.2, 0.25) is 0 Å². The van der Waals surface area contributed by atoms with Gasteiger partial charge >= 0.3 is 5.97 Å². The summed E-state index contributed by atoms with van der Waals surface area (Å²) in [7, 11) is 0. The summed E-state index contributed by atoms with van der Waals surface area (Å²) in [6, 6.07) is 13.5. The third-order valence-corrected chi connectivity index (χ3v) is 5.70. The molecule has 5 nitrogen and oxygen atoms in total. The van der Waals surface area contributed by atoms with Crippen LogP contribution >= 0.6 is 27.5 Å². The van der Waals surface area contributed by atoms with Crippen molar-refractivity contribution in [1.29, 1.82) is 5.26 Å². The molecule has 0 bridgehead atoms. The van der Waals surface area contributed by atoms with E-state index in [1.807, 2.05) is 13.8 Å². The van der Waals surface area contributed by atoms with E-state index < -0.39 is 17.7 Å². The minimum Gasteiger partial charge on any atom is -0.476 e. The number of carboxylic acid groups (broad SMARTS) is 1. The van der Waals surface area contributed by atoms with E-state index in [2.05, 4.69) is 27.0 Å². The van der Waals surface area contributed by atoms with Crippen LogP contribution < -0.4 is 0 Å². The summed E-state index contributed by atoms with van der Waals surface area (Å²) in [5.41, 5.74) is 1.93. The summed E-state index contributed by atoms with van der Waals surface area (Å²) in [5, 5.41) is 18.9. The Morgan fingerprint density at radius 2 is 1.97 bits per heavy atom. The number of nitrogens with zero attached hydrogens (tertiary/aromatic N) is 3. The molecule has 0 aliphatic rings. The molecule has 1 atom stereocenters. The van der Waals surface area contributed by atoms with E-state index in [1.165, 1.54) is 6.07 Å². The Bertz CT molecular complexity index is 1140. The van der Waals surface area contributed by atoms with Crippen molar-refractivity contribution < 1.29 is 14.3 Å². The number of carbonyl (C=O) groups is 1. The van der Waals surface area contributed by atoms with Gasteiger partial charge in [0.05, 0.1) is 22.3 Å². The second kappa shape index (κ2) is 8.99. The summed E-state index contributed by atoms with van der Waals surface area (Å²) in [4.78, 5) is 16.2. The van der Waals surface area contributed by atoms with E-state index in [9.17, 15) is 14.3 Å². The SMILES string of the molecule is CC(C)n1c(Br)nc(C(=O)O)c1C(Cc1cccc(Cl)c1F)c1ccc(C#N)cc1. The highest BCUT2D eigenvalue weighted by atomic mass is 79.9. The van der Waals surface area contributed by atoms with Gasteiger partial charge in [-0.15, -0.1) is 0 Å². The van der Waals surface area contributed by atoms with Crippen molar-refractivity contribution in [3.05, 3.63) is 86.1 Å². The molecule has 1 aromatic heterocycles. The Balaban J connectivity index is 2.25. The molecule has 8 heteroatoms. The molecule has 3 aromatic rings. The molecule has 1 heterocycles. The van der Waals surface area contributed by atoms with Crippen LogP contribution in [-0.4, -0.2) is 20.6 Å². The van der Waals surface area contributed by atoms with E-state index in [4.69, 9.17) is 16.9 Å². The molecule has 1 unspecified atom stereocenters. The molecule has 2 aromatic carbocycles. The van der Waals surface area contributed by atoms with Crippen LogP contribution in [0.25, 0.3) is 0 Å². The van der Waals surface area contributed by atoms with E-state index in [-0.39, 0.29) is 23.2 Å². The molecule has 30 heavy (non-hydrogen) atoms. The van der Waals surface area contributed by atoms with Gasteiger partial charge in [-0.3, -0.25) is 0 Å². The van der Waals surface area contributed by atoms with E-state index >= 15 is 0 Å². The van der Waals surface area contributed by atoms with Crippen LogP contribution in [0.3, 0.4) is 0 Å². The molecule has 154 valence electrons. The zero-order valence-electron chi connectivity index (χ0n) is 16.2. The van der Waals surface area contributed by atoms with Gasteiger partial charge in [-0.25, -0.2) is 14.2 Å². The predicted octanol–water partition coefficient (Wildman–Crippen LogP) is 5.96. The number of hydrogen-bond donors (Lipinski definition) is 1. The van der Waals surface area contributed by atoms with Crippen molar-refractivity contribution in [2.75, 3.05) is 0 Å². The summed E-state index contributed by atoms with van der Waals surface area (Å²) in [5.74, 6) is -2.24. The normalized spacial score (nSPS) is 12.0. The van der Waals surface area contributed by atoms with Crippen LogP contribution in [0.15, 0.2) is 47.2 Å². The first kappa shape index (κ1) is 22.0. The van der Waals surface area contributed by atoms with E-state index in [0.717, 1.165) is 5.56 Å². The first-order valence-corrected chi connectivity index (χ1v) is 10.4. The smallest absolute Gasteiger partial charge is 0.356 e. The maximum Gasteiger partial charge on any atom is 0.356 e. The lowest BCUT2D eigenvalue weighted by molar-refractivity contribution is 0.0689. The monoisotopic (exact) mass is 489 g/mol. The van der Waals surface area contributed by atoms with Gasteiger partial charge < -0.3 is 9.67 Å². The Morgan fingerprint density at radius 3 is 2.53 bits per heavy atom. The van der Waals surface area contributed by atoms with Crippen LogP contribution in [-0.2, 0) is 6.42 Å². The van der Waals surface area contributed by atoms with Crippen molar-refractivity contribution in [3.63, 3.8) is 0 Å². The third kappa shape index (κ3) is 4.25. The minimum atomic E-state index is -1.17. The number of imidazole rings is 1. The highest BCUT2D eigenvalue weighted by Crippen LogP contribution is 2.36. The van der Waals surface area contributed by atoms with Gasteiger partial charge in [0.15, 0.2) is 10.4 Å². The zero-order chi connectivity index (χ0) is 22.0. The molecule has 0 radical (unpaired) electrons. The van der Waals surface area contributed by atoms with Crippen molar-refractivity contribution in [2.24, 2.45) is 0 Å². The van der Waals surface area contributed by atoms with E-state index in [0.29, 0.717) is 21.6 Å². The molecular weight excluding hydrogens is 473 g/mol. The number of aromatic carboxylic acids is 1. The van der Waals surface area contributed by atoms with Crippen molar-refractivity contribution in [2.45, 2.75) is 32.2 Å². The summed E-state index contributed by atoms with van der Waals surface area (Å²) in [6.07, 6.45) is 0.170. The van der Waals surface area contributed by atoms with Gasteiger partial charge in [-0.1, -0.05) is 35.9 Å². The standard InChI is InChI=1S/C22H18BrClFN3O2/c1-12(2)28-20(19(21(29)30)27-22(28)23)16(14-8-6-13(11-26)7-9-14)10-15-4-3-5-17(24)18(15)25/h3-9,12,16H,10H2,1-2H3,(H,29,30). The second-order valence-electron chi connectivity index (χ2n) is 7.09. The average Bonchev–Trinajstić information content (AvgIpc) is 3.06. The van der Waals surface area contributed by atoms with Gasteiger partial charge in [-0.2, -0.15) is 5.26 Å². The summed E-state index contributed by atoms with van der Waals surface area (Å²) in [6.45, 7) is 3.83. The lowest BCUT2D eigenvalue weighted by Crippen LogP contribution is -2.17. The third-order valence-electron chi connectivity index (χ3n) is 4.85. The Hall–Kier alpha value is -2.69. The molecule has 1 N–H and O–H groups in total. The Labute approximate surface area is 186 Å². The zero-order valence-corrected chi connectivity index (χ0v) is 18.6. The number of nitriles is 1. The van der Waals surface area contributed by atoms with Crippen LogP contribution in [0.4, 0.5) is 4.39 Å². The molecule has 0 saturated heterocycles.